The molecule has 7 rings (SSSR count). The number of anilines is 1. The maximum Gasteiger partial charge on any atom is 0.313 e. The first kappa shape index (κ1) is 25.9. The highest BCUT2D eigenvalue weighted by Crippen LogP contribution is 2.45. The van der Waals surface area contributed by atoms with Crippen molar-refractivity contribution in [3.05, 3.63) is 54.8 Å². The van der Waals surface area contributed by atoms with Gasteiger partial charge in [0.25, 0.3) is 5.91 Å². The number of rotatable bonds is 5. The van der Waals surface area contributed by atoms with Crippen LogP contribution in [0.25, 0.3) is 28.0 Å². The predicted molar refractivity (Wildman–Crippen MR) is 148 cm³/mol. The summed E-state index contributed by atoms with van der Waals surface area (Å²) in [6.45, 7) is 0. The Labute approximate surface area is 238 Å². The zero-order valence-corrected chi connectivity index (χ0v) is 23.1. The molecule has 4 N–H and O–H groups in total. The minimum Gasteiger partial charge on any atom is -0.479 e. The van der Waals surface area contributed by atoms with Gasteiger partial charge in [0.2, 0.25) is 5.82 Å². The number of aromatic amines is 1. The third-order valence-corrected chi connectivity index (χ3v) is 9.18. The van der Waals surface area contributed by atoms with Crippen LogP contribution in [0.2, 0.25) is 0 Å². The summed E-state index contributed by atoms with van der Waals surface area (Å²) in [5.41, 5.74) is 9.84. The molecule has 3 atom stereocenters. The fraction of sp³-hybridized carbons (Fsp3) is 0.308. The lowest BCUT2D eigenvalue weighted by Gasteiger charge is -2.38. The van der Waals surface area contributed by atoms with Crippen LogP contribution in [-0.2, 0) is 9.84 Å². The summed E-state index contributed by atoms with van der Waals surface area (Å²) in [6.07, 6.45) is 11.3. The normalized spacial score (nSPS) is 20.3. The Hall–Kier alpha value is -4.99. The first-order chi connectivity index (χ1) is 20.2. The highest BCUT2D eigenvalue weighted by Gasteiger charge is 2.46. The number of nitrogens with one attached hydrogen (secondary N) is 1. The standard InChI is InChI=1S/C26H25N11O4S/c1-42(40,41)21-20(14-6-16-3-4-17(7-14)36(16)25(38)23-31-12-32-35-23)34-24-18(11-33-37(24)22(21)27)13-2-5-19(28-8-13)15-9-29-26(39)30-10-15/h2,5,8-12,14,16-17H,3-4,6-7,27H2,1H3,(H,29,30,39)(H,31,32,35)/t14-,16-,17+. The third-order valence-electron chi connectivity index (χ3n) is 8.02. The van der Waals surface area contributed by atoms with E-state index in [0.29, 0.717) is 46.6 Å². The number of pyridine rings is 1. The molecule has 16 heteroatoms. The fourth-order valence-electron chi connectivity index (χ4n) is 6.22. The number of hydrogen-bond acceptors (Lipinski definition) is 12. The van der Waals surface area contributed by atoms with Crippen LogP contribution in [0.15, 0.2) is 48.1 Å². The minimum absolute atomic E-state index is 0.0120. The summed E-state index contributed by atoms with van der Waals surface area (Å²) < 4.78 is 27.5. The molecular weight excluding hydrogens is 562 g/mol. The van der Waals surface area contributed by atoms with Crippen molar-refractivity contribution in [2.45, 2.75) is 48.6 Å². The lowest BCUT2D eigenvalue weighted by molar-refractivity contribution is 0.0556. The van der Waals surface area contributed by atoms with E-state index in [4.69, 9.17) is 10.7 Å². The van der Waals surface area contributed by atoms with Gasteiger partial charge in [-0.25, -0.2) is 23.4 Å². The number of carbonyl (C=O) groups is 1. The van der Waals surface area contributed by atoms with Gasteiger partial charge in [-0.05, 0) is 31.7 Å². The number of piperidine rings is 1. The lowest BCUT2D eigenvalue weighted by Crippen LogP contribution is -2.46. The second-order valence-electron chi connectivity index (χ2n) is 10.6. The number of nitrogens with two attached hydrogens (primary N) is 1. The number of nitrogens with zero attached hydrogens (tertiary/aromatic N) is 9. The smallest absolute Gasteiger partial charge is 0.313 e. The molecule has 214 valence electrons. The summed E-state index contributed by atoms with van der Waals surface area (Å²) in [7, 11) is -3.77. The van der Waals surface area contributed by atoms with Crippen molar-refractivity contribution in [2.75, 3.05) is 12.0 Å². The topological polar surface area (TPSA) is 211 Å². The van der Waals surface area contributed by atoms with Gasteiger partial charge in [0.15, 0.2) is 15.5 Å². The van der Waals surface area contributed by atoms with Crippen molar-refractivity contribution in [2.24, 2.45) is 0 Å². The van der Waals surface area contributed by atoms with Crippen LogP contribution < -0.4 is 5.73 Å². The Morgan fingerprint density at radius 1 is 1.05 bits per heavy atom. The zero-order chi connectivity index (χ0) is 29.2. The Kier molecular flexibility index (Phi) is 5.89. The maximum atomic E-state index is 13.1. The summed E-state index contributed by atoms with van der Waals surface area (Å²) in [5.74, 6) is -0.275. The molecule has 15 nitrogen and oxygen atoms in total. The van der Waals surface area contributed by atoms with Crippen molar-refractivity contribution < 1.29 is 18.3 Å². The number of hydrogen-bond donors (Lipinski definition) is 3. The van der Waals surface area contributed by atoms with Gasteiger partial charge in [-0.3, -0.25) is 9.78 Å². The molecule has 2 saturated heterocycles. The molecule has 2 aliphatic heterocycles. The van der Waals surface area contributed by atoms with Gasteiger partial charge < -0.3 is 20.7 Å². The fourth-order valence-corrected chi connectivity index (χ4v) is 7.28. The van der Waals surface area contributed by atoms with E-state index in [0.717, 1.165) is 19.1 Å². The number of aromatic hydroxyl groups is 1. The van der Waals surface area contributed by atoms with Crippen molar-refractivity contribution in [1.29, 1.82) is 0 Å². The van der Waals surface area contributed by atoms with Crippen molar-refractivity contribution in [3.63, 3.8) is 0 Å². The van der Waals surface area contributed by atoms with Gasteiger partial charge >= 0.3 is 6.01 Å². The Balaban J connectivity index is 1.27. The minimum atomic E-state index is -3.77. The SMILES string of the molecule is CS(=O)(=O)c1c([C@@H]2C[C@H]3CC[C@@H](C2)N3C(=O)c2nnc[nH]2)nc2c(-c3ccc(-c4cnc(O)nc4)nc3)cnn2c1N. The van der Waals surface area contributed by atoms with Crippen LogP contribution in [0, 0.1) is 0 Å². The van der Waals surface area contributed by atoms with Crippen molar-refractivity contribution >= 4 is 27.2 Å². The summed E-state index contributed by atoms with van der Waals surface area (Å²) >= 11 is 0. The highest BCUT2D eigenvalue weighted by atomic mass is 32.2. The molecule has 2 aliphatic rings. The van der Waals surface area contributed by atoms with Crippen molar-refractivity contribution in [1.82, 2.24) is 49.6 Å². The molecule has 42 heavy (non-hydrogen) atoms. The van der Waals surface area contributed by atoms with Gasteiger partial charge in [0.1, 0.15) is 17.0 Å². The molecule has 2 fully saturated rings. The Bertz CT molecular complexity index is 1910. The molecule has 0 saturated carbocycles. The number of nitrogen functional groups attached to an aromatic ring is 1. The molecule has 0 unspecified atom stereocenters. The summed E-state index contributed by atoms with van der Waals surface area (Å²) in [5, 5.41) is 21.3. The predicted octanol–water partition coefficient (Wildman–Crippen LogP) is 1.61. The van der Waals surface area contributed by atoms with Crippen LogP contribution in [0.5, 0.6) is 6.01 Å². The van der Waals surface area contributed by atoms with E-state index in [1.165, 1.54) is 23.2 Å². The quantitative estimate of drug-likeness (QED) is 0.268. The van der Waals surface area contributed by atoms with Crippen LogP contribution in [-0.4, -0.2) is 87.4 Å². The first-order valence-corrected chi connectivity index (χ1v) is 15.1. The molecule has 5 aromatic rings. The molecule has 5 aromatic heterocycles. The Morgan fingerprint density at radius 2 is 1.76 bits per heavy atom. The van der Waals surface area contributed by atoms with E-state index >= 15 is 0 Å². The molecule has 7 heterocycles. The molecule has 2 bridgehead atoms. The van der Waals surface area contributed by atoms with E-state index in [1.807, 2.05) is 11.0 Å². The maximum absolute atomic E-state index is 13.1. The summed E-state index contributed by atoms with van der Waals surface area (Å²) in [4.78, 5) is 34.7. The number of H-pyrrole nitrogens is 1. The van der Waals surface area contributed by atoms with Gasteiger partial charge in [-0.15, -0.1) is 10.2 Å². The number of sulfone groups is 1. The number of carbonyl (C=O) groups excluding carboxylic acids is 1. The van der Waals surface area contributed by atoms with E-state index in [1.54, 1.807) is 18.5 Å². The Morgan fingerprint density at radius 3 is 2.38 bits per heavy atom. The second-order valence-corrected chi connectivity index (χ2v) is 12.5. The third kappa shape index (κ3) is 4.22. The van der Waals surface area contributed by atoms with E-state index in [-0.39, 0.29) is 46.5 Å². The van der Waals surface area contributed by atoms with Gasteiger partial charge in [-0.1, -0.05) is 6.07 Å². The molecule has 0 aromatic carbocycles. The molecular formula is C26H25N11O4S. The molecule has 0 radical (unpaired) electrons. The lowest BCUT2D eigenvalue weighted by atomic mass is 9.87. The number of amides is 1. The van der Waals surface area contributed by atoms with Crippen LogP contribution in [0.1, 0.15) is 47.9 Å². The van der Waals surface area contributed by atoms with Gasteiger partial charge in [0, 0.05) is 59.5 Å². The zero-order valence-electron chi connectivity index (χ0n) is 22.3. The van der Waals surface area contributed by atoms with Gasteiger partial charge in [-0.2, -0.15) is 9.61 Å². The average molecular weight is 588 g/mol. The first-order valence-electron chi connectivity index (χ1n) is 13.2. The number of fused-ring (bicyclic) bond motifs is 3. The van der Waals surface area contributed by atoms with Crippen molar-refractivity contribution in [3.8, 4) is 28.4 Å². The highest BCUT2D eigenvalue weighted by molar-refractivity contribution is 7.91. The average Bonchev–Trinajstić information content (AvgIpc) is 3.71. The van der Waals surface area contributed by atoms with Crippen LogP contribution >= 0.6 is 0 Å². The summed E-state index contributed by atoms with van der Waals surface area (Å²) in [6, 6.07) is 3.10. The molecule has 1 amide bonds. The van der Waals surface area contributed by atoms with Gasteiger partial charge in [0.05, 0.1) is 17.6 Å². The van der Waals surface area contributed by atoms with E-state index in [9.17, 15) is 18.3 Å². The second kappa shape index (κ2) is 9.54. The molecule has 0 aliphatic carbocycles. The van der Waals surface area contributed by atoms with Crippen LogP contribution in [0.4, 0.5) is 5.82 Å². The van der Waals surface area contributed by atoms with E-state index in [2.05, 4.69) is 35.2 Å². The largest absolute Gasteiger partial charge is 0.479 e. The monoisotopic (exact) mass is 587 g/mol. The van der Waals surface area contributed by atoms with E-state index < -0.39 is 9.84 Å². The number of aromatic nitrogens is 9. The van der Waals surface area contributed by atoms with Crippen LogP contribution in [0.3, 0.4) is 0 Å². The molecule has 0 spiro atoms.